The zero-order valence-electron chi connectivity index (χ0n) is 13.2. The lowest BCUT2D eigenvalue weighted by atomic mass is 10.0. The van der Waals surface area contributed by atoms with Crippen LogP contribution in [0.1, 0.15) is 18.9 Å². The van der Waals surface area contributed by atoms with Crippen LogP contribution in [0.15, 0.2) is 24.3 Å². The molecule has 2 fully saturated rings. The van der Waals surface area contributed by atoms with Gasteiger partial charge in [-0.3, -0.25) is 4.79 Å². The number of morpholine rings is 1. The molecule has 0 radical (unpaired) electrons. The number of benzene rings is 1. The molecule has 4 atom stereocenters. The molecule has 2 aliphatic rings. The molecule has 1 aromatic carbocycles. The summed E-state index contributed by atoms with van der Waals surface area (Å²) >= 11 is 0. The molecule has 0 bridgehead atoms. The smallest absolute Gasteiger partial charge is 0.248 e. The standard InChI is InChI=1S/C17H24N2O3/c1-11-7-14(11)17(18)15-9-19(16(20)10-22-15)8-12-3-5-13(21-2)6-4-12/h3-6,11,14-15,17H,7-10,18H2,1-2H3/t11?,14-,15+,17?/m0/s1. The van der Waals surface area contributed by atoms with Gasteiger partial charge in [-0.15, -0.1) is 0 Å². The van der Waals surface area contributed by atoms with Gasteiger partial charge in [0, 0.05) is 19.1 Å². The first-order valence-corrected chi connectivity index (χ1v) is 7.86. The second-order valence-corrected chi connectivity index (χ2v) is 6.43. The van der Waals surface area contributed by atoms with Crippen molar-refractivity contribution in [2.24, 2.45) is 17.6 Å². The van der Waals surface area contributed by atoms with E-state index in [1.807, 2.05) is 29.2 Å². The van der Waals surface area contributed by atoms with Crippen molar-refractivity contribution < 1.29 is 14.3 Å². The molecule has 5 nitrogen and oxygen atoms in total. The molecule has 1 aliphatic heterocycles. The number of methoxy groups -OCH3 is 1. The lowest BCUT2D eigenvalue weighted by Gasteiger charge is -2.35. The molecule has 1 saturated carbocycles. The van der Waals surface area contributed by atoms with Gasteiger partial charge >= 0.3 is 0 Å². The van der Waals surface area contributed by atoms with Crippen molar-refractivity contribution in [3.05, 3.63) is 29.8 Å². The molecule has 22 heavy (non-hydrogen) atoms. The van der Waals surface area contributed by atoms with E-state index in [1.54, 1.807) is 7.11 Å². The highest BCUT2D eigenvalue weighted by Gasteiger charge is 2.43. The normalized spacial score (nSPS) is 29.3. The fourth-order valence-corrected chi connectivity index (χ4v) is 3.14. The third-order valence-corrected chi connectivity index (χ3v) is 4.80. The molecule has 1 amide bonds. The number of hydrogen-bond donors (Lipinski definition) is 1. The number of carbonyl (C=O) groups excluding carboxylic acids is 1. The molecular weight excluding hydrogens is 280 g/mol. The van der Waals surface area contributed by atoms with Gasteiger partial charge in [-0.1, -0.05) is 19.1 Å². The van der Waals surface area contributed by atoms with Crippen LogP contribution >= 0.6 is 0 Å². The van der Waals surface area contributed by atoms with Crippen molar-refractivity contribution in [3.8, 4) is 5.75 Å². The summed E-state index contributed by atoms with van der Waals surface area (Å²) < 4.78 is 10.8. The van der Waals surface area contributed by atoms with Crippen molar-refractivity contribution in [1.82, 2.24) is 4.90 Å². The van der Waals surface area contributed by atoms with E-state index in [2.05, 4.69) is 6.92 Å². The maximum atomic E-state index is 12.1. The van der Waals surface area contributed by atoms with Crippen molar-refractivity contribution in [2.75, 3.05) is 20.3 Å². The van der Waals surface area contributed by atoms with Crippen LogP contribution in [0.25, 0.3) is 0 Å². The molecule has 120 valence electrons. The highest BCUT2D eigenvalue weighted by Crippen LogP contribution is 2.41. The van der Waals surface area contributed by atoms with Crippen LogP contribution in [-0.4, -0.2) is 43.2 Å². The van der Waals surface area contributed by atoms with Gasteiger partial charge in [0.1, 0.15) is 12.4 Å². The summed E-state index contributed by atoms with van der Waals surface area (Å²) in [6, 6.07) is 7.82. The van der Waals surface area contributed by atoms with Gasteiger partial charge in [0.2, 0.25) is 5.91 Å². The number of rotatable bonds is 5. The molecule has 5 heteroatoms. The SMILES string of the molecule is COc1ccc(CN2C[C@H](C(N)[C@H]3CC3C)OCC2=O)cc1. The number of nitrogens with zero attached hydrogens (tertiary/aromatic N) is 1. The Bertz CT molecular complexity index is 531. The Hall–Kier alpha value is -1.59. The quantitative estimate of drug-likeness (QED) is 0.893. The zero-order valence-corrected chi connectivity index (χ0v) is 13.2. The summed E-state index contributed by atoms with van der Waals surface area (Å²) in [6.07, 6.45) is 1.12. The van der Waals surface area contributed by atoms with Gasteiger partial charge in [-0.2, -0.15) is 0 Å². The Labute approximate surface area is 131 Å². The van der Waals surface area contributed by atoms with Crippen LogP contribution in [0, 0.1) is 11.8 Å². The second-order valence-electron chi connectivity index (χ2n) is 6.43. The van der Waals surface area contributed by atoms with Crippen LogP contribution in [-0.2, 0) is 16.1 Å². The Balaban J connectivity index is 1.62. The maximum Gasteiger partial charge on any atom is 0.248 e. The van der Waals surface area contributed by atoms with Crippen LogP contribution in [0.5, 0.6) is 5.75 Å². The molecule has 0 aromatic heterocycles. The van der Waals surface area contributed by atoms with E-state index in [9.17, 15) is 4.79 Å². The minimum atomic E-state index is -0.0501. The highest BCUT2D eigenvalue weighted by atomic mass is 16.5. The van der Waals surface area contributed by atoms with Gasteiger partial charge in [-0.05, 0) is 36.0 Å². The number of ether oxygens (including phenoxy) is 2. The van der Waals surface area contributed by atoms with Gasteiger partial charge in [0.25, 0.3) is 0 Å². The van der Waals surface area contributed by atoms with Crippen molar-refractivity contribution in [3.63, 3.8) is 0 Å². The van der Waals surface area contributed by atoms with Crippen LogP contribution < -0.4 is 10.5 Å². The lowest BCUT2D eigenvalue weighted by molar-refractivity contribution is -0.151. The Morgan fingerprint density at radius 2 is 2.09 bits per heavy atom. The van der Waals surface area contributed by atoms with E-state index in [0.717, 1.165) is 11.3 Å². The molecular formula is C17H24N2O3. The summed E-state index contributed by atoms with van der Waals surface area (Å²) in [7, 11) is 1.64. The minimum absolute atomic E-state index is 0.0291. The monoisotopic (exact) mass is 304 g/mol. The Kier molecular flexibility index (Phi) is 4.36. The maximum absolute atomic E-state index is 12.1. The zero-order chi connectivity index (χ0) is 15.7. The fraction of sp³-hybridized carbons (Fsp3) is 0.588. The molecule has 1 aromatic rings. The predicted octanol–water partition coefficient (Wildman–Crippen LogP) is 1.41. The summed E-state index contributed by atoms with van der Waals surface area (Å²) in [5.41, 5.74) is 7.39. The fourth-order valence-electron chi connectivity index (χ4n) is 3.14. The molecule has 3 rings (SSSR count). The number of hydrogen-bond acceptors (Lipinski definition) is 4. The Morgan fingerprint density at radius 3 is 2.68 bits per heavy atom. The van der Waals surface area contributed by atoms with Crippen LogP contribution in [0.2, 0.25) is 0 Å². The third-order valence-electron chi connectivity index (χ3n) is 4.80. The van der Waals surface area contributed by atoms with E-state index in [1.165, 1.54) is 6.42 Å². The largest absolute Gasteiger partial charge is 0.497 e. The second kappa shape index (κ2) is 6.26. The first-order chi connectivity index (χ1) is 10.6. The van der Waals surface area contributed by atoms with Crippen molar-refractivity contribution in [2.45, 2.75) is 32.0 Å². The third kappa shape index (κ3) is 3.25. The van der Waals surface area contributed by atoms with E-state index in [4.69, 9.17) is 15.2 Å². The molecule has 2 unspecified atom stereocenters. The topological polar surface area (TPSA) is 64.8 Å². The molecule has 1 aliphatic carbocycles. The molecule has 1 saturated heterocycles. The number of nitrogens with two attached hydrogens (primary N) is 1. The highest BCUT2D eigenvalue weighted by molar-refractivity contribution is 5.78. The first kappa shape index (κ1) is 15.3. The van der Waals surface area contributed by atoms with Gasteiger partial charge < -0.3 is 20.1 Å². The molecule has 0 spiro atoms. The summed E-state index contributed by atoms with van der Waals surface area (Å²) in [5.74, 6) is 2.08. The van der Waals surface area contributed by atoms with Crippen molar-refractivity contribution in [1.29, 1.82) is 0 Å². The minimum Gasteiger partial charge on any atom is -0.497 e. The summed E-state index contributed by atoms with van der Waals surface area (Å²) in [5, 5.41) is 0. The first-order valence-electron chi connectivity index (χ1n) is 7.86. The lowest BCUT2D eigenvalue weighted by Crippen LogP contribution is -2.53. The Morgan fingerprint density at radius 1 is 1.41 bits per heavy atom. The summed E-state index contributed by atoms with van der Waals surface area (Å²) in [6.45, 7) is 3.52. The van der Waals surface area contributed by atoms with Gasteiger partial charge in [-0.25, -0.2) is 0 Å². The summed E-state index contributed by atoms with van der Waals surface area (Å²) in [4.78, 5) is 13.9. The van der Waals surface area contributed by atoms with E-state index >= 15 is 0 Å². The van der Waals surface area contributed by atoms with Crippen molar-refractivity contribution >= 4 is 5.91 Å². The number of amides is 1. The molecule has 1 heterocycles. The van der Waals surface area contributed by atoms with E-state index < -0.39 is 0 Å². The van der Waals surface area contributed by atoms with Crippen LogP contribution in [0.3, 0.4) is 0 Å². The van der Waals surface area contributed by atoms with Gasteiger partial charge in [0.15, 0.2) is 0 Å². The average Bonchev–Trinajstić information content (AvgIpc) is 3.26. The van der Waals surface area contributed by atoms with E-state index in [0.29, 0.717) is 24.9 Å². The van der Waals surface area contributed by atoms with E-state index in [-0.39, 0.29) is 24.7 Å². The average molecular weight is 304 g/mol. The number of carbonyl (C=O) groups is 1. The van der Waals surface area contributed by atoms with Gasteiger partial charge in [0.05, 0.1) is 13.2 Å². The molecule has 2 N–H and O–H groups in total. The van der Waals surface area contributed by atoms with Crippen LogP contribution in [0.4, 0.5) is 0 Å². The predicted molar refractivity (Wildman–Crippen MR) is 83.4 cm³/mol.